The first-order valence-electron chi connectivity index (χ1n) is 5.81. The second-order valence-electron chi connectivity index (χ2n) is 4.29. The van der Waals surface area contributed by atoms with Gasteiger partial charge in [-0.3, -0.25) is 4.90 Å². The molecule has 0 radical (unpaired) electrons. The van der Waals surface area contributed by atoms with Crippen molar-refractivity contribution in [3.63, 3.8) is 0 Å². The Kier molecular flexibility index (Phi) is 3.59. The van der Waals surface area contributed by atoms with Gasteiger partial charge in [-0.1, -0.05) is 36.8 Å². The molecule has 1 aliphatic rings. The Morgan fingerprint density at radius 2 is 2.31 bits per heavy atom. The lowest BCUT2D eigenvalue weighted by atomic mass is 10.1. The molecule has 88 valence electrons. The van der Waals surface area contributed by atoms with Crippen molar-refractivity contribution in [2.45, 2.75) is 26.2 Å². The number of benzene rings is 1. The Balaban J connectivity index is 2.19. The van der Waals surface area contributed by atoms with Crippen molar-refractivity contribution in [2.24, 2.45) is 0 Å². The van der Waals surface area contributed by atoms with E-state index in [1.165, 1.54) is 11.1 Å². The Labute approximate surface area is 96.6 Å². The number of hydrogen-bond acceptors (Lipinski definition) is 3. The number of aliphatic hydroxyl groups is 1. The highest BCUT2D eigenvalue weighted by Gasteiger charge is 2.32. The minimum atomic E-state index is -0.0505. The topological polar surface area (TPSA) is 32.7 Å². The molecule has 0 spiro atoms. The van der Waals surface area contributed by atoms with E-state index < -0.39 is 0 Å². The average molecular weight is 221 g/mol. The van der Waals surface area contributed by atoms with Crippen LogP contribution in [0.4, 0.5) is 0 Å². The number of rotatable bonds is 3. The molecule has 3 heteroatoms. The molecule has 0 saturated carbocycles. The van der Waals surface area contributed by atoms with Gasteiger partial charge >= 0.3 is 0 Å². The predicted octanol–water partition coefficient (Wildman–Crippen LogP) is 1.71. The molecule has 2 rings (SSSR count). The number of aliphatic hydroxyl groups excluding tert-OH is 1. The highest BCUT2D eigenvalue weighted by atomic mass is 16.5. The first-order chi connectivity index (χ1) is 7.74. The van der Waals surface area contributed by atoms with Gasteiger partial charge in [0, 0.05) is 6.54 Å². The average Bonchev–Trinajstić information content (AvgIpc) is 2.72. The van der Waals surface area contributed by atoms with E-state index in [0.717, 1.165) is 13.1 Å². The fourth-order valence-electron chi connectivity index (χ4n) is 2.18. The van der Waals surface area contributed by atoms with Crippen molar-refractivity contribution in [3.8, 4) is 0 Å². The molecule has 1 heterocycles. The Hall–Kier alpha value is -0.900. The van der Waals surface area contributed by atoms with Crippen LogP contribution < -0.4 is 0 Å². The zero-order valence-electron chi connectivity index (χ0n) is 9.89. The zero-order chi connectivity index (χ0) is 11.5. The normalized spacial score (nSPS) is 26.2. The van der Waals surface area contributed by atoms with E-state index >= 15 is 0 Å². The van der Waals surface area contributed by atoms with Crippen molar-refractivity contribution in [3.05, 3.63) is 35.4 Å². The summed E-state index contributed by atoms with van der Waals surface area (Å²) in [5.74, 6) is 0. The summed E-state index contributed by atoms with van der Waals surface area (Å²) in [6.07, 6.45) is -0.0486. The van der Waals surface area contributed by atoms with E-state index in [2.05, 4.69) is 36.9 Å². The summed E-state index contributed by atoms with van der Waals surface area (Å²) < 4.78 is 5.83. The molecule has 0 aliphatic carbocycles. The largest absolute Gasteiger partial charge is 0.394 e. The van der Waals surface area contributed by atoms with E-state index in [4.69, 9.17) is 9.84 Å². The summed E-state index contributed by atoms with van der Waals surface area (Å²) >= 11 is 0. The van der Waals surface area contributed by atoms with E-state index in [-0.39, 0.29) is 18.9 Å². The number of ether oxygens (including phenoxy) is 1. The molecule has 1 N–H and O–H groups in total. The van der Waals surface area contributed by atoms with Crippen LogP contribution in [0.15, 0.2) is 24.3 Å². The lowest BCUT2D eigenvalue weighted by molar-refractivity contribution is -0.0184. The van der Waals surface area contributed by atoms with Crippen LogP contribution in [0.25, 0.3) is 0 Å². The van der Waals surface area contributed by atoms with Gasteiger partial charge in [0.25, 0.3) is 0 Å². The van der Waals surface area contributed by atoms with Crippen LogP contribution in [-0.4, -0.2) is 35.8 Å². The summed E-state index contributed by atoms with van der Waals surface area (Å²) in [5.41, 5.74) is 2.42. The lowest BCUT2D eigenvalue weighted by Gasteiger charge is -2.21. The highest BCUT2D eigenvalue weighted by Crippen LogP contribution is 2.29. The van der Waals surface area contributed by atoms with Gasteiger partial charge in [-0.15, -0.1) is 0 Å². The Bertz CT molecular complexity index is 354. The molecule has 16 heavy (non-hydrogen) atoms. The molecule has 1 aliphatic heterocycles. The van der Waals surface area contributed by atoms with Gasteiger partial charge in [-0.2, -0.15) is 0 Å². The maximum atomic E-state index is 9.15. The van der Waals surface area contributed by atoms with Crippen LogP contribution >= 0.6 is 0 Å². The van der Waals surface area contributed by atoms with Crippen LogP contribution in [0.1, 0.15) is 24.3 Å². The van der Waals surface area contributed by atoms with Gasteiger partial charge in [0.2, 0.25) is 0 Å². The fourth-order valence-corrected chi connectivity index (χ4v) is 2.18. The fraction of sp³-hybridized carbons (Fsp3) is 0.538. The summed E-state index contributed by atoms with van der Waals surface area (Å²) in [6, 6.07) is 8.36. The second-order valence-corrected chi connectivity index (χ2v) is 4.29. The Morgan fingerprint density at radius 3 is 2.94 bits per heavy atom. The quantitative estimate of drug-likeness (QED) is 0.843. The first kappa shape index (κ1) is 11.6. The number of likely N-dealkylation sites (N-methyl/N-ethyl adjacent to an activating group) is 1. The first-order valence-corrected chi connectivity index (χ1v) is 5.81. The molecule has 1 fully saturated rings. The molecule has 0 amide bonds. The minimum absolute atomic E-state index is 0.00190. The van der Waals surface area contributed by atoms with Crippen molar-refractivity contribution in [2.75, 3.05) is 19.7 Å². The van der Waals surface area contributed by atoms with E-state index in [0.29, 0.717) is 0 Å². The summed E-state index contributed by atoms with van der Waals surface area (Å²) in [7, 11) is 0. The summed E-state index contributed by atoms with van der Waals surface area (Å²) in [5, 5.41) is 9.15. The molecular weight excluding hydrogens is 202 g/mol. The number of hydrogen-bond donors (Lipinski definition) is 1. The van der Waals surface area contributed by atoms with E-state index in [1.54, 1.807) is 0 Å². The molecule has 2 unspecified atom stereocenters. The maximum Gasteiger partial charge on any atom is 0.137 e. The lowest BCUT2D eigenvalue weighted by Crippen LogP contribution is -2.25. The van der Waals surface area contributed by atoms with Gasteiger partial charge in [0.15, 0.2) is 0 Å². The van der Waals surface area contributed by atoms with E-state index in [9.17, 15) is 0 Å². The van der Waals surface area contributed by atoms with Gasteiger partial charge in [0.05, 0.1) is 12.7 Å². The predicted molar refractivity (Wildman–Crippen MR) is 63.1 cm³/mol. The van der Waals surface area contributed by atoms with Crippen LogP contribution in [-0.2, 0) is 4.74 Å². The molecule has 1 aromatic carbocycles. The second kappa shape index (κ2) is 4.95. The monoisotopic (exact) mass is 221 g/mol. The van der Waals surface area contributed by atoms with Crippen LogP contribution in [0.3, 0.4) is 0 Å². The summed E-state index contributed by atoms with van der Waals surface area (Å²) in [4.78, 5) is 2.25. The zero-order valence-corrected chi connectivity index (χ0v) is 9.89. The standard InChI is InChI=1S/C13H19NO2/c1-3-14-8-12(9-15)16-13(14)11-6-4-5-10(2)7-11/h4-7,12-13,15H,3,8-9H2,1-2H3. The summed E-state index contributed by atoms with van der Waals surface area (Å²) in [6.45, 7) is 6.05. The maximum absolute atomic E-state index is 9.15. The third-order valence-electron chi connectivity index (χ3n) is 3.03. The van der Waals surface area contributed by atoms with Gasteiger partial charge in [-0.05, 0) is 19.0 Å². The third kappa shape index (κ3) is 2.26. The van der Waals surface area contributed by atoms with Crippen LogP contribution in [0, 0.1) is 6.92 Å². The van der Waals surface area contributed by atoms with Crippen molar-refractivity contribution < 1.29 is 9.84 Å². The van der Waals surface area contributed by atoms with Gasteiger partial charge < -0.3 is 9.84 Å². The molecular formula is C13H19NO2. The minimum Gasteiger partial charge on any atom is -0.394 e. The molecule has 1 saturated heterocycles. The Morgan fingerprint density at radius 1 is 1.50 bits per heavy atom. The van der Waals surface area contributed by atoms with E-state index in [1.807, 2.05) is 6.07 Å². The van der Waals surface area contributed by atoms with Crippen molar-refractivity contribution in [1.29, 1.82) is 0 Å². The highest BCUT2D eigenvalue weighted by molar-refractivity contribution is 5.24. The van der Waals surface area contributed by atoms with Crippen LogP contribution in [0.5, 0.6) is 0 Å². The van der Waals surface area contributed by atoms with Gasteiger partial charge in [0.1, 0.15) is 6.23 Å². The smallest absolute Gasteiger partial charge is 0.137 e. The van der Waals surface area contributed by atoms with Crippen LogP contribution in [0.2, 0.25) is 0 Å². The SMILES string of the molecule is CCN1CC(CO)OC1c1cccc(C)c1. The molecule has 2 atom stereocenters. The van der Waals surface area contributed by atoms with Crippen molar-refractivity contribution in [1.82, 2.24) is 4.90 Å². The third-order valence-corrected chi connectivity index (χ3v) is 3.03. The molecule has 0 aromatic heterocycles. The molecule has 3 nitrogen and oxygen atoms in total. The van der Waals surface area contributed by atoms with Crippen molar-refractivity contribution >= 4 is 0 Å². The molecule has 1 aromatic rings. The number of nitrogens with zero attached hydrogens (tertiary/aromatic N) is 1. The molecule has 0 bridgehead atoms. The number of aryl methyl sites for hydroxylation is 1. The van der Waals surface area contributed by atoms with Gasteiger partial charge in [-0.25, -0.2) is 0 Å².